The van der Waals surface area contributed by atoms with E-state index in [0.29, 0.717) is 5.92 Å². The van der Waals surface area contributed by atoms with Crippen molar-refractivity contribution in [1.82, 2.24) is 0 Å². The number of carbonyl (C=O) groups is 1. The monoisotopic (exact) mass is 212 g/mol. The molecule has 0 fully saturated rings. The zero-order valence-electron chi connectivity index (χ0n) is 9.73. The molecule has 0 spiro atoms. The number of rotatable bonds is 4. The fourth-order valence-electron chi connectivity index (χ4n) is 1.74. The normalized spacial score (nSPS) is 30.2. The topological polar surface area (TPSA) is 35.5 Å². The minimum Gasteiger partial charge on any atom is -0.467 e. The van der Waals surface area contributed by atoms with E-state index in [0.717, 1.165) is 19.3 Å². The second-order valence-corrected chi connectivity index (χ2v) is 4.00. The van der Waals surface area contributed by atoms with Crippen LogP contribution >= 0.6 is 0 Å². The third kappa shape index (κ3) is 3.34. The SMILES string of the molecule is CCCC[C@H]1O[C@@H](C(=O)OC)C=C[C@@H]1C. The average Bonchev–Trinajstić information content (AvgIpc) is 2.27. The zero-order chi connectivity index (χ0) is 11.3. The molecule has 0 N–H and O–H groups in total. The molecule has 0 saturated carbocycles. The van der Waals surface area contributed by atoms with E-state index in [2.05, 4.69) is 18.6 Å². The highest BCUT2D eigenvalue weighted by molar-refractivity contribution is 5.76. The quantitative estimate of drug-likeness (QED) is 0.530. The molecule has 15 heavy (non-hydrogen) atoms. The van der Waals surface area contributed by atoms with E-state index in [1.165, 1.54) is 7.11 Å². The Bertz CT molecular complexity index is 235. The van der Waals surface area contributed by atoms with Gasteiger partial charge in [0.15, 0.2) is 6.10 Å². The third-order valence-corrected chi connectivity index (χ3v) is 2.77. The van der Waals surface area contributed by atoms with Crippen molar-refractivity contribution in [1.29, 1.82) is 0 Å². The van der Waals surface area contributed by atoms with Gasteiger partial charge in [0.2, 0.25) is 0 Å². The van der Waals surface area contributed by atoms with E-state index >= 15 is 0 Å². The summed E-state index contributed by atoms with van der Waals surface area (Å²) in [7, 11) is 1.39. The maximum absolute atomic E-state index is 11.3. The molecule has 3 atom stereocenters. The first-order valence-electron chi connectivity index (χ1n) is 5.60. The Hall–Kier alpha value is -0.830. The largest absolute Gasteiger partial charge is 0.467 e. The van der Waals surface area contributed by atoms with E-state index < -0.39 is 6.10 Å². The van der Waals surface area contributed by atoms with Gasteiger partial charge in [-0.1, -0.05) is 32.8 Å². The van der Waals surface area contributed by atoms with Gasteiger partial charge in [-0.05, 0) is 12.5 Å². The summed E-state index contributed by atoms with van der Waals surface area (Å²) in [6.07, 6.45) is 6.78. The molecule has 86 valence electrons. The van der Waals surface area contributed by atoms with Crippen molar-refractivity contribution in [2.75, 3.05) is 7.11 Å². The van der Waals surface area contributed by atoms with Gasteiger partial charge in [-0.25, -0.2) is 4.79 Å². The van der Waals surface area contributed by atoms with Crippen LogP contribution in [-0.2, 0) is 14.3 Å². The maximum Gasteiger partial charge on any atom is 0.339 e. The lowest BCUT2D eigenvalue weighted by molar-refractivity contribution is -0.156. The Kier molecular flexibility index (Phi) is 4.82. The van der Waals surface area contributed by atoms with Crippen LogP contribution in [0.15, 0.2) is 12.2 Å². The predicted molar refractivity (Wildman–Crippen MR) is 58.5 cm³/mol. The first-order valence-corrected chi connectivity index (χ1v) is 5.60. The first kappa shape index (κ1) is 12.2. The molecule has 1 rings (SSSR count). The lowest BCUT2D eigenvalue weighted by Crippen LogP contribution is -2.35. The Morgan fingerprint density at radius 1 is 1.47 bits per heavy atom. The molecule has 0 radical (unpaired) electrons. The van der Waals surface area contributed by atoms with Gasteiger partial charge in [-0.3, -0.25) is 0 Å². The van der Waals surface area contributed by atoms with Crippen LogP contribution in [0.2, 0.25) is 0 Å². The lowest BCUT2D eigenvalue weighted by Gasteiger charge is -2.29. The van der Waals surface area contributed by atoms with Gasteiger partial charge in [0.1, 0.15) is 0 Å². The fourth-order valence-corrected chi connectivity index (χ4v) is 1.74. The van der Waals surface area contributed by atoms with E-state index in [4.69, 9.17) is 4.74 Å². The lowest BCUT2D eigenvalue weighted by atomic mass is 9.96. The van der Waals surface area contributed by atoms with Gasteiger partial charge < -0.3 is 9.47 Å². The smallest absolute Gasteiger partial charge is 0.339 e. The fraction of sp³-hybridized carbons (Fsp3) is 0.750. The molecule has 0 aromatic carbocycles. The van der Waals surface area contributed by atoms with Gasteiger partial charge in [0.05, 0.1) is 13.2 Å². The molecule has 0 bridgehead atoms. The molecule has 0 amide bonds. The number of methoxy groups -OCH3 is 1. The predicted octanol–water partition coefficient (Wildman–Crippen LogP) is 2.31. The molecule has 0 saturated heterocycles. The van der Waals surface area contributed by atoms with Crippen molar-refractivity contribution in [2.45, 2.75) is 45.3 Å². The van der Waals surface area contributed by atoms with Gasteiger partial charge >= 0.3 is 5.97 Å². The van der Waals surface area contributed by atoms with Crippen molar-refractivity contribution < 1.29 is 14.3 Å². The summed E-state index contributed by atoms with van der Waals surface area (Å²) in [5.41, 5.74) is 0. The number of esters is 1. The van der Waals surface area contributed by atoms with E-state index in [1.54, 1.807) is 6.08 Å². The van der Waals surface area contributed by atoms with Crippen LogP contribution in [0.5, 0.6) is 0 Å². The Morgan fingerprint density at radius 2 is 2.20 bits per heavy atom. The van der Waals surface area contributed by atoms with Crippen LogP contribution < -0.4 is 0 Å². The maximum atomic E-state index is 11.3. The second kappa shape index (κ2) is 5.91. The minimum absolute atomic E-state index is 0.152. The molecule has 1 aliphatic heterocycles. The molecule has 0 aromatic rings. The van der Waals surface area contributed by atoms with Gasteiger partial charge in [0, 0.05) is 5.92 Å². The van der Waals surface area contributed by atoms with Gasteiger partial charge in [0.25, 0.3) is 0 Å². The van der Waals surface area contributed by atoms with Crippen molar-refractivity contribution in [3.63, 3.8) is 0 Å². The number of hydrogen-bond donors (Lipinski definition) is 0. The summed E-state index contributed by atoms with van der Waals surface area (Å²) in [6, 6.07) is 0. The van der Waals surface area contributed by atoms with Crippen LogP contribution in [-0.4, -0.2) is 25.3 Å². The van der Waals surface area contributed by atoms with Crippen LogP contribution in [0.3, 0.4) is 0 Å². The van der Waals surface area contributed by atoms with E-state index in [9.17, 15) is 4.79 Å². The van der Waals surface area contributed by atoms with Crippen LogP contribution in [0.25, 0.3) is 0 Å². The standard InChI is InChI=1S/C12H20O3/c1-4-5-6-10-9(2)7-8-11(15-10)12(13)14-3/h7-11H,4-6H2,1-3H3/t9-,10+,11+/m0/s1. The molecule has 0 aliphatic carbocycles. The molecule has 1 heterocycles. The Labute approximate surface area is 91.4 Å². The Balaban J connectivity index is 2.53. The summed E-state index contributed by atoms with van der Waals surface area (Å²) in [4.78, 5) is 11.3. The average molecular weight is 212 g/mol. The number of unbranched alkanes of at least 4 members (excludes halogenated alkanes) is 1. The molecule has 1 aliphatic rings. The zero-order valence-corrected chi connectivity index (χ0v) is 9.73. The minimum atomic E-state index is -0.506. The number of hydrogen-bond acceptors (Lipinski definition) is 3. The Morgan fingerprint density at radius 3 is 2.80 bits per heavy atom. The van der Waals surface area contributed by atoms with Crippen molar-refractivity contribution >= 4 is 5.97 Å². The second-order valence-electron chi connectivity index (χ2n) is 4.00. The first-order chi connectivity index (χ1) is 7.19. The summed E-state index contributed by atoms with van der Waals surface area (Å²) >= 11 is 0. The van der Waals surface area contributed by atoms with Crippen LogP contribution in [0, 0.1) is 5.92 Å². The van der Waals surface area contributed by atoms with Crippen LogP contribution in [0.1, 0.15) is 33.1 Å². The van der Waals surface area contributed by atoms with Gasteiger partial charge in [-0.2, -0.15) is 0 Å². The highest BCUT2D eigenvalue weighted by Crippen LogP contribution is 2.23. The van der Waals surface area contributed by atoms with E-state index in [1.807, 2.05) is 6.08 Å². The van der Waals surface area contributed by atoms with Crippen molar-refractivity contribution in [2.24, 2.45) is 5.92 Å². The van der Waals surface area contributed by atoms with Gasteiger partial charge in [-0.15, -0.1) is 0 Å². The summed E-state index contributed by atoms with van der Waals surface area (Å²) < 4.78 is 10.4. The van der Waals surface area contributed by atoms with Crippen molar-refractivity contribution in [3.05, 3.63) is 12.2 Å². The third-order valence-electron chi connectivity index (χ3n) is 2.77. The number of ether oxygens (including phenoxy) is 2. The molecule has 0 unspecified atom stereocenters. The summed E-state index contributed by atoms with van der Waals surface area (Å²) in [5.74, 6) is 0.0807. The van der Waals surface area contributed by atoms with Crippen LogP contribution in [0.4, 0.5) is 0 Å². The highest BCUT2D eigenvalue weighted by atomic mass is 16.6. The molecular formula is C12H20O3. The number of carbonyl (C=O) groups excluding carboxylic acids is 1. The molecule has 3 nitrogen and oxygen atoms in total. The summed E-state index contributed by atoms with van der Waals surface area (Å²) in [5, 5.41) is 0. The molecule has 3 heteroatoms. The highest BCUT2D eigenvalue weighted by Gasteiger charge is 2.28. The summed E-state index contributed by atoms with van der Waals surface area (Å²) in [6.45, 7) is 4.27. The molecular weight excluding hydrogens is 192 g/mol. The van der Waals surface area contributed by atoms with E-state index in [-0.39, 0.29) is 12.1 Å². The molecule has 0 aromatic heterocycles. The van der Waals surface area contributed by atoms with Crippen molar-refractivity contribution in [3.8, 4) is 0 Å².